The molecule has 0 saturated carbocycles. The first kappa shape index (κ1) is 24.2. The van der Waals surface area contributed by atoms with Gasteiger partial charge in [0.15, 0.2) is 0 Å². The van der Waals surface area contributed by atoms with Crippen molar-refractivity contribution < 1.29 is 22.7 Å². The minimum Gasteiger partial charge on any atom is -0.465 e. The molecule has 2 aromatic rings. The number of sulfonamides is 1. The number of hydrogen-bond donors (Lipinski definition) is 1. The lowest BCUT2D eigenvalue weighted by Gasteiger charge is -2.16. The third-order valence-corrected chi connectivity index (χ3v) is 7.71. The molecular weight excluding hydrogens is 448 g/mol. The Labute approximate surface area is 185 Å². The lowest BCUT2D eigenvalue weighted by Crippen LogP contribution is -2.24. The van der Waals surface area contributed by atoms with Gasteiger partial charge in [-0.1, -0.05) is 23.7 Å². The standard InChI is InChI=1S/C20H23ClN2O5S2/c1-13(29-12-14-5-7-15(8-6-14)20(25)28-4)19(24)22-16-9-10-17(21)18(11-16)30(26,27)23(2)3/h5-11,13H,12H2,1-4H3,(H,22,24)/t13-/m0/s1. The van der Waals surface area contributed by atoms with E-state index in [0.29, 0.717) is 17.0 Å². The van der Waals surface area contributed by atoms with Crippen LogP contribution < -0.4 is 5.32 Å². The van der Waals surface area contributed by atoms with Gasteiger partial charge in [0.1, 0.15) is 4.90 Å². The van der Waals surface area contributed by atoms with E-state index < -0.39 is 21.2 Å². The molecule has 2 aromatic carbocycles. The number of nitrogens with zero attached hydrogens (tertiary/aromatic N) is 1. The number of rotatable bonds is 8. The first-order chi connectivity index (χ1) is 14.1. The first-order valence-electron chi connectivity index (χ1n) is 8.88. The molecule has 1 N–H and O–H groups in total. The van der Waals surface area contributed by atoms with Gasteiger partial charge < -0.3 is 10.1 Å². The summed E-state index contributed by atoms with van der Waals surface area (Å²) in [5, 5.41) is 2.41. The Kier molecular flexibility index (Phi) is 8.31. The number of thioether (sulfide) groups is 1. The molecule has 0 unspecified atom stereocenters. The maximum Gasteiger partial charge on any atom is 0.337 e. The van der Waals surface area contributed by atoms with Gasteiger partial charge >= 0.3 is 5.97 Å². The second-order valence-corrected chi connectivity index (χ2v) is 10.4. The summed E-state index contributed by atoms with van der Waals surface area (Å²) in [6, 6.07) is 11.3. The highest BCUT2D eigenvalue weighted by molar-refractivity contribution is 7.99. The molecular formula is C20H23ClN2O5S2. The summed E-state index contributed by atoms with van der Waals surface area (Å²) < 4.78 is 30.5. The number of anilines is 1. The third-order valence-electron chi connectivity index (χ3n) is 4.20. The highest BCUT2D eigenvalue weighted by Crippen LogP contribution is 2.27. The second kappa shape index (κ2) is 10.3. The number of carbonyl (C=O) groups excluding carboxylic acids is 2. The molecule has 0 aromatic heterocycles. The molecule has 0 spiro atoms. The predicted molar refractivity (Wildman–Crippen MR) is 119 cm³/mol. The Morgan fingerprint density at radius 2 is 1.80 bits per heavy atom. The van der Waals surface area contributed by atoms with Crippen LogP contribution >= 0.6 is 23.4 Å². The highest BCUT2D eigenvalue weighted by atomic mass is 35.5. The van der Waals surface area contributed by atoms with Crippen LogP contribution in [0.3, 0.4) is 0 Å². The number of amides is 1. The minimum atomic E-state index is -3.73. The molecule has 0 bridgehead atoms. The monoisotopic (exact) mass is 470 g/mol. The van der Waals surface area contributed by atoms with Crippen molar-refractivity contribution in [3.05, 3.63) is 58.6 Å². The molecule has 0 aliphatic heterocycles. The summed E-state index contributed by atoms with van der Waals surface area (Å²) >= 11 is 7.44. The SMILES string of the molecule is COC(=O)c1ccc(CS[C@@H](C)C(=O)Nc2ccc(Cl)c(S(=O)(=O)N(C)C)c2)cc1. The van der Waals surface area contributed by atoms with Crippen molar-refractivity contribution in [2.45, 2.75) is 22.8 Å². The molecule has 0 aliphatic rings. The van der Waals surface area contributed by atoms with Crippen LogP contribution in [0.4, 0.5) is 5.69 Å². The lowest BCUT2D eigenvalue weighted by atomic mass is 10.1. The summed E-state index contributed by atoms with van der Waals surface area (Å²) in [7, 11) is 0.413. The summed E-state index contributed by atoms with van der Waals surface area (Å²) in [5.41, 5.74) is 1.76. The quantitative estimate of drug-likeness (QED) is 0.592. The molecule has 0 heterocycles. The van der Waals surface area contributed by atoms with Crippen LogP contribution in [0.25, 0.3) is 0 Å². The van der Waals surface area contributed by atoms with E-state index in [4.69, 9.17) is 11.6 Å². The Morgan fingerprint density at radius 1 is 1.17 bits per heavy atom. The van der Waals surface area contributed by atoms with E-state index in [2.05, 4.69) is 10.1 Å². The summed E-state index contributed by atoms with van der Waals surface area (Å²) in [6.07, 6.45) is 0. The van der Waals surface area contributed by atoms with Crippen LogP contribution in [-0.4, -0.2) is 51.1 Å². The second-order valence-electron chi connectivity index (χ2n) is 6.56. The fourth-order valence-electron chi connectivity index (χ4n) is 2.37. The van der Waals surface area contributed by atoms with Crippen LogP contribution in [-0.2, 0) is 25.3 Å². The first-order valence-corrected chi connectivity index (χ1v) is 11.7. The number of nitrogens with one attached hydrogen (secondary N) is 1. The molecule has 10 heteroatoms. The Balaban J connectivity index is 2.01. The zero-order valence-corrected chi connectivity index (χ0v) is 19.4. The number of halogens is 1. The number of esters is 1. The topological polar surface area (TPSA) is 92.8 Å². The van der Waals surface area contributed by atoms with E-state index in [1.807, 2.05) is 12.1 Å². The number of carbonyl (C=O) groups is 2. The Hall–Kier alpha value is -2.07. The molecule has 1 amide bonds. The maximum atomic E-state index is 12.5. The van der Waals surface area contributed by atoms with Gasteiger partial charge in [-0.2, -0.15) is 0 Å². The van der Waals surface area contributed by atoms with Crippen LogP contribution in [0, 0.1) is 0 Å². The molecule has 2 rings (SSSR count). The van der Waals surface area contributed by atoms with Crippen molar-refractivity contribution in [3.63, 3.8) is 0 Å². The number of hydrogen-bond acceptors (Lipinski definition) is 6. The molecule has 162 valence electrons. The maximum absolute atomic E-state index is 12.5. The summed E-state index contributed by atoms with van der Waals surface area (Å²) in [5.74, 6) is -0.0982. The molecule has 7 nitrogen and oxygen atoms in total. The van der Waals surface area contributed by atoms with Gasteiger partial charge in [-0.3, -0.25) is 4.79 Å². The molecule has 0 saturated heterocycles. The molecule has 0 fully saturated rings. The van der Waals surface area contributed by atoms with Gasteiger partial charge in [0.25, 0.3) is 0 Å². The van der Waals surface area contributed by atoms with Crippen LogP contribution in [0.2, 0.25) is 5.02 Å². The normalized spacial score (nSPS) is 12.5. The van der Waals surface area contributed by atoms with Crippen molar-refractivity contribution in [1.82, 2.24) is 4.31 Å². The highest BCUT2D eigenvalue weighted by Gasteiger charge is 2.22. The Bertz CT molecular complexity index is 1020. The van der Waals surface area contributed by atoms with E-state index >= 15 is 0 Å². The van der Waals surface area contributed by atoms with Gasteiger partial charge in [-0.05, 0) is 42.8 Å². The van der Waals surface area contributed by atoms with E-state index in [1.54, 1.807) is 25.1 Å². The average Bonchev–Trinajstić information content (AvgIpc) is 2.72. The van der Waals surface area contributed by atoms with E-state index in [1.165, 1.54) is 45.1 Å². The fraction of sp³-hybridized carbons (Fsp3) is 0.300. The van der Waals surface area contributed by atoms with Gasteiger partial charge in [0.05, 0.1) is 22.9 Å². The fourth-order valence-corrected chi connectivity index (χ4v) is 4.61. The molecule has 0 radical (unpaired) electrons. The van der Waals surface area contributed by atoms with E-state index in [9.17, 15) is 18.0 Å². The van der Waals surface area contributed by atoms with Gasteiger partial charge in [-0.25, -0.2) is 17.5 Å². The van der Waals surface area contributed by atoms with Crippen molar-refractivity contribution in [2.75, 3.05) is 26.5 Å². The van der Waals surface area contributed by atoms with Crippen molar-refractivity contribution in [1.29, 1.82) is 0 Å². The summed E-state index contributed by atoms with van der Waals surface area (Å²) in [4.78, 5) is 23.9. The zero-order chi connectivity index (χ0) is 22.5. The van der Waals surface area contributed by atoms with Crippen molar-refractivity contribution in [2.24, 2.45) is 0 Å². The van der Waals surface area contributed by atoms with Gasteiger partial charge in [0.2, 0.25) is 15.9 Å². The third kappa shape index (κ3) is 5.98. The van der Waals surface area contributed by atoms with Crippen LogP contribution in [0.1, 0.15) is 22.8 Å². The average molecular weight is 471 g/mol. The van der Waals surface area contributed by atoms with E-state index in [-0.39, 0.29) is 15.8 Å². The number of ether oxygens (including phenoxy) is 1. The molecule has 1 atom stereocenters. The molecule has 0 aliphatic carbocycles. The zero-order valence-electron chi connectivity index (χ0n) is 17.0. The van der Waals surface area contributed by atoms with Crippen LogP contribution in [0.15, 0.2) is 47.4 Å². The summed E-state index contributed by atoms with van der Waals surface area (Å²) in [6.45, 7) is 1.76. The number of methoxy groups -OCH3 is 1. The van der Waals surface area contributed by atoms with E-state index in [0.717, 1.165) is 9.87 Å². The predicted octanol–water partition coefficient (Wildman–Crippen LogP) is 3.64. The Morgan fingerprint density at radius 3 is 2.37 bits per heavy atom. The lowest BCUT2D eigenvalue weighted by molar-refractivity contribution is -0.115. The largest absolute Gasteiger partial charge is 0.465 e. The minimum absolute atomic E-state index is 0.0713. The molecule has 30 heavy (non-hydrogen) atoms. The van der Waals surface area contributed by atoms with Crippen molar-refractivity contribution in [3.8, 4) is 0 Å². The van der Waals surface area contributed by atoms with Gasteiger partial charge in [-0.15, -0.1) is 11.8 Å². The van der Waals surface area contributed by atoms with Crippen LogP contribution in [0.5, 0.6) is 0 Å². The van der Waals surface area contributed by atoms with Gasteiger partial charge in [0, 0.05) is 25.5 Å². The number of benzene rings is 2. The smallest absolute Gasteiger partial charge is 0.337 e. The van der Waals surface area contributed by atoms with Crippen molar-refractivity contribution >= 4 is 50.9 Å².